The van der Waals surface area contributed by atoms with E-state index in [1.807, 2.05) is 12.1 Å². The molecule has 0 aliphatic carbocycles. The summed E-state index contributed by atoms with van der Waals surface area (Å²) < 4.78 is 5.82. The van der Waals surface area contributed by atoms with Crippen molar-refractivity contribution in [2.24, 2.45) is 11.3 Å². The van der Waals surface area contributed by atoms with Crippen LogP contribution in [-0.4, -0.2) is 0 Å². The van der Waals surface area contributed by atoms with Gasteiger partial charge in [-0.3, -0.25) is 0 Å². The number of benzene rings is 1. The Balaban J connectivity index is 2.89. The molecule has 0 N–H and O–H groups in total. The van der Waals surface area contributed by atoms with Crippen molar-refractivity contribution in [3.63, 3.8) is 0 Å². The van der Waals surface area contributed by atoms with Crippen molar-refractivity contribution >= 4 is 23.2 Å². The SMILES string of the molecule is CC(C)C(C)(C)/C(=C/Cl)Oc1ccc(Cl)cc1. The van der Waals surface area contributed by atoms with Gasteiger partial charge >= 0.3 is 0 Å². The topological polar surface area (TPSA) is 9.23 Å². The van der Waals surface area contributed by atoms with E-state index in [1.54, 1.807) is 12.1 Å². The maximum absolute atomic E-state index is 5.86. The van der Waals surface area contributed by atoms with Crippen molar-refractivity contribution in [1.82, 2.24) is 0 Å². The van der Waals surface area contributed by atoms with Gasteiger partial charge in [0.1, 0.15) is 11.5 Å². The number of halogens is 2. The molecule has 0 unspecified atom stereocenters. The highest BCUT2D eigenvalue weighted by Crippen LogP contribution is 2.36. The summed E-state index contributed by atoms with van der Waals surface area (Å²) in [6.07, 6.45) is 0. The predicted octanol–water partition coefficient (Wildman–Crippen LogP) is 5.48. The zero-order valence-corrected chi connectivity index (χ0v) is 12.1. The quantitative estimate of drug-likeness (QED) is 0.660. The fraction of sp³-hybridized carbons (Fsp3) is 0.429. The highest BCUT2D eigenvalue weighted by atomic mass is 35.5. The van der Waals surface area contributed by atoms with Gasteiger partial charge < -0.3 is 4.74 Å². The molecule has 0 heterocycles. The molecule has 3 heteroatoms. The molecule has 0 saturated heterocycles. The first-order chi connectivity index (χ1) is 7.87. The summed E-state index contributed by atoms with van der Waals surface area (Å²) in [5, 5.41) is 0.692. The molecule has 1 nitrogen and oxygen atoms in total. The molecule has 0 amide bonds. The minimum atomic E-state index is -0.110. The van der Waals surface area contributed by atoms with Gasteiger partial charge in [-0.05, 0) is 30.2 Å². The van der Waals surface area contributed by atoms with Crippen molar-refractivity contribution in [2.75, 3.05) is 0 Å². The number of ether oxygens (including phenoxy) is 1. The van der Waals surface area contributed by atoms with E-state index < -0.39 is 0 Å². The van der Waals surface area contributed by atoms with E-state index in [0.717, 1.165) is 11.5 Å². The molecule has 0 atom stereocenters. The average molecular weight is 273 g/mol. The van der Waals surface area contributed by atoms with Gasteiger partial charge in [0.05, 0.1) is 0 Å². The van der Waals surface area contributed by atoms with Gasteiger partial charge in [-0.15, -0.1) is 0 Å². The van der Waals surface area contributed by atoms with Crippen LogP contribution in [0, 0.1) is 11.3 Å². The summed E-state index contributed by atoms with van der Waals surface area (Å²) >= 11 is 11.7. The van der Waals surface area contributed by atoms with Gasteiger partial charge in [0, 0.05) is 16.0 Å². The summed E-state index contributed by atoms with van der Waals surface area (Å²) in [5.41, 5.74) is 1.40. The van der Waals surface area contributed by atoms with Crippen LogP contribution in [0.15, 0.2) is 35.6 Å². The molecule has 0 spiro atoms. The van der Waals surface area contributed by atoms with Crippen molar-refractivity contribution in [3.05, 3.63) is 40.6 Å². The lowest BCUT2D eigenvalue weighted by molar-refractivity contribution is 0.209. The van der Waals surface area contributed by atoms with Crippen LogP contribution in [0.25, 0.3) is 0 Å². The zero-order chi connectivity index (χ0) is 13.1. The molecule has 1 rings (SSSR count). The molecule has 0 aliphatic rings. The maximum atomic E-state index is 5.86. The van der Waals surface area contributed by atoms with Crippen LogP contribution in [0.1, 0.15) is 27.7 Å². The second-order valence-electron chi connectivity index (χ2n) is 4.91. The van der Waals surface area contributed by atoms with E-state index >= 15 is 0 Å². The summed E-state index contributed by atoms with van der Waals surface area (Å²) in [6.45, 7) is 8.51. The van der Waals surface area contributed by atoms with Crippen LogP contribution in [0.3, 0.4) is 0 Å². The van der Waals surface area contributed by atoms with Crippen LogP contribution in [0.4, 0.5) is 0 Å². The first-order valence-electron chi connectivity index (χ1n) is 5.62. The van der Waals surface area contributed by atoms with Crippen LogP contribution < -0.4 is 4.74 Å². The van der Waals surface area contributed by atoms with Gasteiger partial charge in [0.25, 0.3) is 0 Å². The minimum Gasteiger partial charge on any atom is -0.460 e. The van der Waals surface area contributed by atoms with E-state index in [9.17, 15) is 0 Å². The number of hydrogen-bond acceptors (Lipinski definition) is 1. The van der Waals surface area contributed by atoms with Gasteiger partial charge in [-0.1, -0.05) is 50.9 Å². The first kappa shape index (κ1) is 14.4. The van der Waals surface area contributed by atoms with Crippen molar-refractivity contribution in [1.29, 1.82) is 0 Å². The van der Waals surface area contributed by atoms with E-state index in [4.69, 9.17) is 27.9 Å². The molecular formula is C14H18Cl2O. The van der Waals surface area contributed by atoms with Gasteiger partial charge in [0.15, 0.2) is 0 Å². The van der Waals surface area contributed by atoms with E-state index in [2.05, 4.69) is 27.7 Å². The lowest BCUT2D eigenvalue weighted by Crippen LogP contribution is -2.25. The number of allylic oxidation sites excluding steroid dienone is 1. The molecule has 1 aromatic rings. The standard InChI is InChI=1S/C14H18Cl2O/c1-10(2)14(3,4)13(9-15)17-12-7-5-11(16)6-8-12/h5-10H,1-4H3/b13-9-. The minimum absolute atomic E-state index is 0.110. The van der Waals surface area contributed by atoms with Crippen LogP contribution in [0.2, 0.25) is 5.02 Å². The summed E-state index contributed by atoms with van der Waals surface area (Å²) in [4.78, 5) is 0. The van der Waals surface area contributed by atoms with Crippen LogP contribution >= 0.6 is 23.2 Å². The summed E-state index contributed by atoms with van der Waals surface area (Å²) in [5.74, 6) is 1.94. The Kier molecular flexibility index (Phi) is 4.91. The Morgan fingerprint density at radius 2 is 1.76 bits per heavy atom. The van der Waals surface area contributed by atoms with Gasteiger partial charge in [-0.2, -0.15) is 0 Å². The van der Waals surface area contributed by atoms with Crippen molar-refractivity contribution in [3.8, 4) is 5.75 Å². The highest BCUT2D eigenvalue weighted by Gasteiger charge is 2.29. The Labute approximate surface area is 113 Å². The number of rotatable bonds is 4. The lowest BCUT2D eigenvalue weighted by atomic mass is 9.80. The second-order valence-corrected chi connectivity index (χ2v) is 5.56. The lowest BCUT2D eigenvalue weighted by Gasteiger charge is -2.31. The average Bonchev–Trinajstić information content (AvgIpc) is 2.27. The third-order valence-electron chi connectivity index (χ3n) is 3.22. The molecule has 1 aromatic carbocycles. The molecule has 0 aliphatic heterocycles. The Morgan fingerprint density at radius 3 is 2.18 bits per heavy atom. The first-order valence-corrected chi connectivity index (χ1v) is 6.43. The monoisotopic (exact) mass is 272 g/mol. The third kappa shape index (κ3) is 3.65. The molecule has 0 bridgehead atoms. The van der Waals surface area contributed by atoms with Crippen molar-refractivity contribution in [2.45, 2.75) is 27.7 Å². The predicted molar refractivity (Wildman–Crippen MR) is 74.6 cm³/mol. The molecule has 17 heavy (non-hydrogen) atoms. The van der Waals surface area contributed by atoms with E-state index in [1.165, 1.54) is 5.54 Å². The second kappa shape index (κ2) is 5.79. The molecule has 0 aromatic heterocycles. The van der Waals surface area contributed by atoms with Crippen LogP contribution in [0.5, 0.6) is 5.75 Å². The Bertz CT molecular complexity index is 391. The zero-order valence-electron chi connectivity index (χ0n) is 10.6. The highest BCUT2D eigenvalue weighted by molar-refractivity contribution is 6.30. The fourth-order valence-electron chi connectivity index (χ4n) is 1.21. The van der Waals surface area contributed by atoms with Crippen molar-refractivity contribution < 1.29 is 4.74 Å². The molecule has 0 radical (unpaired) electrons. The molecule has 0 fully saturated rings. The Hall–Kier alpha value is -0.660. The summed E-state index contributed by atoms with van der Waals surface area (Å²) in [7, 11) is 0. The van der Waals surface area contributed by atoms with E-state index in [-0.39, 0.29) is 5.41 Å². The summed E-state index contributed by atoms with van der Waals surface area (Å²) in [6, 6.07) is 7.26. The van der Waals surface area contributed by atoms with E-state index in [0.29, 0.717) is 10.9 Å². The molecule has 94 valence electrons. The Morgan fingerprint density at radius 1 is 1.24 bits per heavy atom. The number of hydrogen-bond donors (Lipinski definition) is 0. The molecular weight excluding hydrogens is 255 g/mol. The maximum Gasteiger partial charge on any atom is 0.127 e. The third-order valence-corrected chi connectivity index (χ3v) is 3.67. The van der Waals surface area contributed by atoms with Gasteiger partial charge in [-0.25, -0.2) is 0 Å². The smallest absolute Gasteiger partial charge is 0.127 e. The molecule has 0 saturated carbocycles. The van der Waals surface area contributed by atoms with Crippen LogP contribution in [-0.2, 0) is 0 Å². The normalized spacial score (nSPS) is 13.0. The van der Waals surface area contributed by atoms with Gasteiger partial charge in [0.2, 0.25) is 0 Å². The largest absolute Gasteiger partial charge is 0.460 e. The fourth-order valence-corrected chi connectivity index (χ4v) is 1.66.